The van der Waals surface area contributed by atoms with Gasteiger partial charge in [-0.05, 0) is 0 Å². The van der Waals surface area contributed by atoms with Gasteiger partial charge in [-0.15, -0.1) is 0 Å². The van der Waals surface area contributed by atoms with E-state index in [0.29, 0.717) is 17.2 Å². The van der Waals surface area contributed by atoms with Crippen LogP contribution < -0.4 is 17.6 Å². The monoisotopic (exact) mass is 1250 g/mol. The molecule has 5 aromatic carbocycles. The van der Waals surface area contributed by atoms with Crippen LogP contribution in [0.25, 0.3) is 54.5 Å². The Morgan fingerprint density at radius 1 is 0.377 bits per heavy atom. The van der Waals surface area contributed by atoms with Crippen LogP contribution >= 0.6 is 19.3 Å². The Labute approximate surface area is 447 Å². The normalized spacial score (nSPS) is 10.1. The van der Waals surface area contributed by atoms with Crippen LogP contribution in [0.15, 0.2) is 158 Å². The maximum absolute atomic E-state index is 12.3. The predicted molar refractivity (Wildman–Crippen MR) is 275 cm³/mol. The van der Waals surface area contributed by atoms with E-state index in [-0.39, 0.29) is 0 Å². The molecule has 10 rings (SSSR count). The molecule has 0 saturated carbocycles. The van der Waals surface area contributed by atoms with Gasteiger partial charge in [0.25, 0.3) is 0 Å². The summed E-state index contributed by atoms with van der Waals surface area (Å²) in [6, 6.07) is 46.0. The van der Waals surface area contributed by atoms with Crippen molar-refractivity contribution in [1.82, 2.24) is 24.9 Å². The molecule has 339 valence electrons. The summed E-state index contributed by atoms with van der Waals surface area (Å²) in [5, 5.41) is 5.17. The van der Waals surface area contributed by atoms with Gasteiger partial charge >= 0.3 is 452 Å². The number of halogens is 5. The van der Waals surface area contributed by atoms with Crippen molar-refractivity contribution >= 4 is 162 Å². The van der Waals surface area contributed by atoms with E-state index < -0.39 is 88.4 Å². The molecule has 5 aromatic heterocycles. The molecular formula is C49H38Cl2F3Ga5N5O5. The van der Waals surface area contributed by atoms with Crippen molar-refractivity contribution in [3.05, 3.63) is 181 Å². The number of pyridine rings is 5. The van der Waals surface area contributed by atoms with E-state index in [4.69, 9.17) is 36.9 Å². The molecule has 0 amide bonds. The van der Waals surface area contributed by atoms with Crippen molar-refractivity contribution in [2.75, 3.05) is 0 Å². The summed E-state index contributed by atoms with van der Waals surface area (Å²) >= 11 is -8.35. The molecular weight excluding hydrogens is 1220 g/mol. The van der Waals surface area contributed by atoms with Crippen LogP contribution in [0.2, 0.25) is 0 Å². The molecule has 10 nitrogen and oxygen atoms in total. The molecule has 5 heterocycles. The molecule has 10 aromatic rings. The number of hydrogen-bond donors (Lipinski definition) is 0. The van der Waals surface area contributed by atoms with E-state index in [1.807, 2.05) is 155 Å². The van der Waals surface area contributed by atoms with Crippen LogP contribution in [0.5, 0.6) is 28.7 Å². The molecule has 0 atom stereocenters. The fraction of sp³-hybridized carbons (Fsp3) is 0.0816. The van der Waals surface area contributed by atoms with Crippen molar-refractivity contribution in [3.8, 4) is 28.7 Å². The first-order valence-corrected chi connectivity index (χ1v) is 34.9. The van der Waals surface area contributed by atoms with Gasteiger partial charge in [0, 0.05) is 0 Å². The minimum atomic E-state index is -2.08. The van der Waals surface area contributed by atoms with Crippen molar-refractivity contribution in [1.29, 1.82) is 0 Å². The summed E-state index contributed by atoms with van der Waals surface area (Å²) in [7, 11) is 11.3. The second kappa shape index (κ2) is 28.5. The molecule has 0 aliphatic carbocycles. The van der Waals surface area contributed by atoms with Gasteiger partial charge in [0.1, 0.15) is 0 Å². The van der Waals surface area contributed by atoms with Gasteiger partial charge in [-0.2, -0.15) is 0 Å². The van der Waals surface area contributed by atoms with E-state index in [1.54, 1.807) is 30.6 Å². The zero-order chi connectivity index (χ0) is 49.0. The Balaban J connectivity index is 0.000000142. The van der Waals surface area contributed by atoms with Gasteiger partial charge in [0.15, 0.2) is 0 Å². The van der Waals surface area contributed by atoms with Gasteiger partial charge in [-0.25, -0.2) is 0 Å². The van der Waals surface area contributed by atoms with Crippen LogP contribution in [-0.4, -0.2) is 113 Å². The van der Waals surface area contributed by atoms with Crippen molar-refractivity contribution in [2.45, 2.75) is 27.7 Å². The van der Waals surface area contributed by atoms with Crippen molar-refractivity contribution < 1.29 is 27.5 Å². The second-order valence-corrected chi connectivity index (χ2v) is 20.7. The van der Waals surface area contributed by atoms with E-state index in [2.05, 4.69) is 24.9 Å². The Morgan fingerprint density at radius 2 is 0.725 bits per heavy atom. The summed E-state index contributed by atoms with van der Waals surface area (Å²) in [5.74, 6) is 3.30. The average molecular weight is 1250 g/mol. The predicted octanol–water partition coefficient (Wildman–Crippen LogP) is 12.4. The number of aryl methyl sites for hydroxylation is 4. The molecule has 0 unspecified atom stereocenters. The Hall–Kier alpha value is -4.30. The van der Waals surface area contributed by atoms with Crippen LogP contribution in [0.3, 0.4) is 0 Å². The summed E-state index contributed by atoms with van der Waals surface area (Å²) in [5.41, 5.74) is 8.03. The van der Waals surface area contributed by atoms with Crippen LogP contribution in [0.4, 0.5) is 9.86 Å². The van der Waals surface area contributed by atoms with Crippen molar-refractivity contribution in [2.24, 2.45) is 0 Å². The average Bonchev–Trinajstić information content (AvgIpc) is 3.36. The summed E-state index contributed by atoms with van der Waals surface area (Å²) in [6.07, 6.45) is 3.43. The standard InChI is InChI=1S/C11H11NO.2C10H9NO.2C9H7NO.2ClH.3FH.5Ga/c1-7-6-8(2)12-11-9(7)4-3-5-10(11)13;2*1-7-5-6-8-3-2-4-9(12)10(8)11-7;2*11-8-5-1-3-7-4-2-6-10-9(7)8;;;;;;;;;;/h3-6,13H,1-2H3;2*2-6,12H,1H3;2*1-6,11H;5*1H;;;;;/q;;;;;;;;;;5*+2/p-10. The number of para-hydroxylation sites is 5. The second-order valence-electron chi connectivity index (χ2n) is 14.5. The van der Waals surface area contributed by atoms with Gasteiger partial charge in [-0.1, -0.05) is 0 Å². The van der Waals surface area contributed by atoms with Gasteiger partial charge < -0.3 is 0 Å². The third-order valence-electron chi connectivity index (χ3n) is 9.83. The molecule has 0 aliphatic rings. The van der Waals surface area contributed by atoms with E-state index in [1.165, 1.54) is 0 Å². The van der Waals surface area contributed by atoms with E-state index >= 15 is 0 Å². The summed E-state index contributed by atoms with van der Waals surface area (Å²) < 4.78 is 62.5. The van der Waals surface area contributed by atoms with E-state index in [9.17, 15) is 9.86 Å². The molecule has 0 N–H and O–H groups in total. The summed E-state index contributed by atoms with van der Waals surface area (Å²) in [6.45, 7) is 7.83. The number of aromatic nitrogens is 5. The summed E-state index contributed by atoms with van der Waals surface area (Å²) in [4.78, 5) is 21.5. The zero-order valence-corrected chi connectivity index (χ0v) is 51.2. The Morgan fingerprint density at radius 3 is 1.16 bits per heavy atom. The molecule has 0 spiro atoms. The van der Waals surface area contributed by atoms with Crippen LogP contribution in [0.1, 0.15) is 22.6 Å². The van der Waals surface area contributed by atoms with Gasteiger partial charge in [0.2, 0.25) is 0 Å². The minimum absolute atomic E-state index is 0.556. The Bertz CT molecular complexity index is 3090. The SMILES string of the molecule is Cc1cc(C)c2cccc([O][Ga][F])c2n1.Cc1ccc2cccc([O][Ga][Cl])c2n1.Cc1ccc2cccc([O][Ga][F])c2n1.[Cl][Ga][O]c1cccc2cccnc12.[F][Ga][O]c1cccc2cccnc12. The molecule has 69 heavy (non-hydrogen) atoms. The fourth-order valence-corrected chi connectivity index (χ4v) is 10.9. The first-order valence-electron chi connectivity index (χ1n) is 20.9. The Kier molecular flexibility index (Phi) is 22.3. The molecule has 5 radical (unpaired) electrons. The molecule has 0 saturated heterocycles. The van der Waals surface area contributed by atoms with Crippen molar-refractivity contribution in [3.63, 3.8) is 0 Å². The number of fused-ring (bicyclic) bond motifs is 5. The number of rotatable bonds is 10. The molecule has 0 fully saturated rings. The third kappa shape index (κ3) is 15.6. The number of hydrogen-bond acceptors (Lipinski definition) is 10. The van der Waals surface area contributed by atoms with Gasteiger partial charge in [-0.3, -0.25) is 0 Å². The van der Waals surface area contributed by atoms with Gasteiger partial charge in [0.05, 0.1) is 0 Å². The first kappa shape index (κ1) is 54.0. The third-order valence-corrected chi connectivity index (χ3v) is 14.4. The molecule has 0 bridgehead atoms. The fourth-order valence-electron chi connectivity index (χ4n) is 6.86. The molecule has 0 aliphatic heterocycles. The van der Waals surface area contributed by atoms with Crippen LogP contribution in [-0.2, 0) is 0 Å². The maximum atomic E-state index is 12.3. The zero-order valence-electron chi connectivity index (χ0n) is 37.6. The number of benzene rings is 5. The molecule has 20 heteroatoms. The quantitative estimate of drug-likeness (QED) is 0.123. The van der Waals surface area contributed by atoms with E-state index in [0.717, 1.165) is 88.7 Å². The first-order chi connectivity index (χ1) is 33.7. The number of nitrogens with zero attached hydrogens (tertiary/aromatic N) is 5. The topological polar surface area (TPSA) is 111 Å². The van der Waals surface area contributed by atoms with Crippen LogP contribution in [0, 0.1) is 27.7 Å².